The summed E-state index contributed by atoms with van der Waals surface area (Å²) >= 11 is 0. The lowest BCUT2D eigenvalue weighted by atomic mass is 10.3. The summed E-state index contributed by atoms with van der Waals surface area (Å²) in [5.41, 5.74) is 5.64. The van der Waals surface area contributed by atoms with Crippen LogP contribution in [0.15, 0.2) is 4.99 Å². The molecule has 0 aromatic carbocycles. The molecule has 0 atom stereocenters. The van der Waals surface area contributed by atoms with Gasteiger partial charge in [0.15, 0.2) is 5.96 Å². The minimum absolute atomic E-state index is 0. The van der Waals surface area contributed by atoms with Gasteiger partial charge in [0, 0.05) is 19.7 Å². The fraction of sp³-hybridized carbons (Fsp3) is 0.909. The SMILES string of the molecule is CCCCN=C(N)NCCOCCCC.I. The van der Waals surface area contributed by atoms with E-state index in [4.69, 9.17) is 10.5 Å². The van der Waals surface area contributed by atoms with Gasteiger partial charge in [-0.15, -0.1) is 24.0 Å². The van der Waals surface area contributed by atoms with Crippen LogP contribution in [0.5, 0.6) is 0 Å². The maximum Gasteiger partial charge on any atom is 0.188 e. The molecule has 0 aliphatic rings. The number of nitrogens with one attached hydrogen (secondary N) is 1. The van der Waals surface area contributed by atoms with Gasteiger partial charge in [-0.25, -0.2) is 0 Å². The van der Waals surface area contributed by atoms with Gasteiger partial charge in [0.2, 0.25) is 0 Å². The maximum atomic E-state index is 5.64. The molecule has 0 bridgehead atoms. The van der Waals surface area contributed by atoms with Gasteiger partial charge >= 0.3 is 0 Å². The molecule has 16 heavy (non-hydrogen) atoms. The third kappa shape index (κ3) is 14.0. The Morgan fingerprint density at radius 1 is 1.19 bits per heavy atom. The zero-order valence-corrected chi connectivity index (χ0v) is 12.8. The van der Waals surface area contributed by atoms with E-state index in [0.717, 1.165) is 39.0 Å². The highest BCUT2D eigenvalue weighted by molar-refractivity contribution is 14.0. The Bertz CT molecular complexity index is 165. The third-order valence-electron chi connectivity index (χ3n) is 1.99. The van der Waals surface area contributed by atoms with Crippen molar-refractivity contribution in [1.29, 1.82) is 0 Å². The molecule has 0 spiro atoms. The number of nitrogens with zero attached hydrogens (tertiary/aromatic N) is 1. The summed E-state index contributed by atoms with van der Waals surface area (Å²) < 4.78 is 5.38. The zero-order chi connectivity index (χ0) is 11.4. The van der Waals surface area contributed by atoms with Gasteiger partial charge in [-0.05, 0) is 12.8 Å². The topological polar surface area (TPSA) is 59.6 Å². The molecule has 0 radical (unpaired) electrons. The van der Waals surface area contributed by atoms with Crippen LogP contribution < -0.4 is 11.1 Å². The molecule has 0 aromatic rings. The molecule has 0 saturated heterocycles. The number of aliphatic imine (C=N–C) groups is 1. The van der Waals surface area contributed by atoms with E-state index in [0.29, 0.717) is 12.6 Å². The van der Waals surface area contributed by atoms with Crippen molar-refractivity contribution in [2.75, 3.05) is 26.3 Å². The first kappa shape index (κ1) is 18.3. The summed E-state index contributed by atoms with van der Waals surface area (Å²) in [6.07, 6.45) is 4.54. The minimum atomic E-state index is 0. The second-order valence-corrected chi connectivity index (χ2v) is 3.51. The van der Waals surface area contributed by atoms with Gasteiger partial charge in [-0.1, -0.05) is 26.7 Å². The van der Waals surface area contributed by atoms with Crippen molar-refractivity contribution in [3.05, 3.63) is 0 Å². The molecule has 0 aromatic heterocycles. The van der Waals surface area contributed by atoms with E-state index in [1.165, 1.54) is 6.42 Å². The van der Waals surface area contributed by atoms with Crippen molar-refractivity contribution < 1.29 is 4.74 Å². The van der Waals surface area contributed by atoms with Crippen LogP contribution in [-0.4, -0.2) is 32.3 Å². The van der Waals surface area contributed by atoms with Crippen molar-refractivity contribution in [3.63, 3.8) is 0 Å². The first-order valence-corrected chi connectivity index (χ1v) is 5.92. The molecule has 0 rings (SSSR count). The van der Waals surface area contributed by atoms with Crippen molar-refractivity contribution in [1.82, 2.24) is 5.32 Å². The molecule has 0 saturated carbocycles. The van der Waals surface area contributed by atoms with E-state index < -0.39 is 0 Å². The number of nitrogens with two attached hydrogens (primary N) is 1. The van der Waals surface area contributed by atoms with Crippen LogP contribution in [0.25, 0.3) is 0 Å². The van der Waals surface area contributed by atoms with Crippen LogP contribution in [0.3, 0.4) is 0 Å². The molecule has 0 aliphatic heterocycles. The first-order chi connectivity index (χ1) is 7.31. The highest BCUT2D eigenvalue weighted by Crippen LogP contribution is 1.87. The Morgan fingerprint density at radius 2 is 1.88 bits per heavy atom. The lowest BCUT2D eigenvalue weighted by Gasteiger charge is -2.06. The summed E-state index contributed by atoms with van der Waals surface area (Å²) in [6.45, 7) is 7.38. The van der Waals surface area contributed by atoms with Gasteiger partial charge in [0.1, 0.15) is 0 Å². The molecular formula is C11H26IN3O. The molecule has 3 N–H and O–H groups in total. The monoisotopic (exact) mass is 343 g/mol. The van der Waals surface area contributed by atoms with Crippen molar-refractivity contribution >= 4 is 29.9 Å². The van der Waals surface area contributed by atoms with Crippen LogP contribution in [-0.2, 0) is 4.74 Å². The minimum Gasteiger partial charge on any atom is -0.380 e. The molecule has 0 amide bonds. The van der Waals surface area contributed by atoms with E-state index >= 15 is 0 Å². The fourth-order valence-corrected chi connectivity index (χ4v) is 1.01. The predicted octanol–water partition coefficient (Wildman–Crippen LogP) is 2.13. The second kappa shape index (κ2) is 15.0. The van der Waals surface area contributed by atoms with Crippen LogP contribution in [0.4, 0.5) is 0 Å². The van der Waals surface area contributed by atoms with Gasteiger partial charge in [0.05, 0.1) is 6.61 Å². The highest BCUT2D eigenvalue weighted by Gasteiger charge is 1.91. The molecule has 0 unspecified atom stereocenters. The van der Waals surface area contributed by atoms with Crippen molar-refractivity contribution in [2.24, 2.45) is 10.7 Å². The summed E-state index contributed by atoms with van der Waals surface area (Å²) in [6, 6.07) is 0. The quantitative estimate of drug-likeness (QED) is 0.292. The standard InChI is InChI=1S/C11H25N3O.HI/c1-3-5-7-13-11(12)14-8-10-15-9-6-4-2;/h3-10H2,1-2H3,(H3,12,13,14);1H. The van der Waals surface area contributed by atoms with Gasteiger partial charge in [0.25, 0.3) is 0 Å². The van der Waals surface area contributed by atoms with Gasteiger partial charge in [-0.2, -0.15) is 0 Å². The molecular weight excluding hydrogens is 317 g/mol. The molecule has 98 valence electrons. The molecule has 5 heteroatoms. The lowest BCUT2D eigenvalue weighted by molar-refractivity contribution is 0.136. The van der Waals surface area contributed by atoms with Crippen LogP contribution in [0.1, 0.15) is 39.5 Å². The Hall–Kier alpha value is -0.0400. The summed E-state index contributed by atoms with van der Waals surface area (Å²) in [5.74, 6) is 0.530. The van der Waals surface area contributed by atoms with Gasteiger partial charge in [-0.3, -0.25) is 4.99 Å². The molecule has 0 aliphatic carbocycles. The number of halogens is 1. The zero-order valence-electron chi connectivity index (χ0n) is 10.5. The fourth-order valence-electron chi connectivity index (χ4n) is 1.01. The highest BCUT2D eigenvalue weighted by atomic mass is 127. The normalized spacial score (nSPS) is 11.0. The lowest BCUT2D eigenvalue weighted by Crippen LogP contribution is -2.34. The number of ether oxygens (including phenoxy) is 1. The second-order valence-electron chi connectivity index (χ2n) is 3.51. The molecule has 0 fully saturated rings. The molecule has 4 nitrogen and oxygen atoms in total. The first-order valence-electron chi connectivity index (χ1n) is 5.92. The summed E-state index contributed by atoms with van der Waals surface area (Å²) in [5, 5.41) is 3.02. The van der Waals surface area contributed by atoms with E-state index in [2.05, 4.69) is 24.2 Å². The molecule has 0 heterocycles. The Balaban J connectivity index is 0. The largest absolute Gasteiger partial charge is 0.380 e. The summed E-state index contributed by atoms with van der Waals surface area (Å²) in [4.78, 5) is 4.18. The van der Waals surface area contributed by atoms with Crippen molar-refractivity contribution in [2.45, 2.75) is 39.5 Å². The Kier molecular flexibility index (Phi) is 17.1. The predicted molar refractivity (Wildman–Crippen MR) is 80.5 cm³/mol. The average Bonchev–Trinajstić information content (AvgIpc) is 2.23. The van der Waals surface area contributed by atoms with E-state index in [-0.39, 0.29) is 24.0 Å². The average molecular weight is 343 g/mol. The van der Waals surface area contributed by atoms with Crippen LogP contribution in [0, 0.1) is 0 Å². The Morgan fingerprint density at radius 3 is 2.50 bits per heavy atom. The third-order valence-corrected chi connectivity index (χ3v) is 1.99. The Labute approximate surface area is 116 Å². The van der Waals surface area contributed by atoms with Crippen molar-refractivity contribution in [3.8, 4) is 0 Å². The number of hydrogen-bond acceptors (Lipinski definition) is 2. The number of hydrogen-bond donors (Lipinski definition) is 2. The van der Waals surface area contributed by atoms with Gasteiger partial charge < -0.3 is 15.8 Å². The van der Waals surface area contributed by atoms with Crippen LogP contribution >= 0.6 is 24.0 Å². The smallest absolute Gasteiger partial charge is 0.188 e. The van der Waals surface area contributed by atoms with Crippen LogP contribution in [0.2, 0.25) is 0 Å². The number of guanidine groups is 1. The van der Waals surface area contributed by atoms with E-state index in [1.54, 1.807) is 0 Å². The van der Waals surface area contributed by atoms with E-state index in [1.807, 2.05) is 0 Å². The number of rotatable bonds is 9. The van der Waals surface area contributed by atoms with E-state index in [9.17, 15) is 0 Å². The maximum absolute atomic E-state index is 5.64. The number of unbranched alkanes of at least 4 members (excludes halogenated alkanes) is 2. The summed E-state index contributed by atoms with van der Waals surface area (Å²) in [7, 11) is 0.